The second kappa shape index (κ2) is 12.9. The van der Waals surface area contributed by atoms with E-state index in [1.807, 2.05) is 26.0 Å². The average Bonchev–Trinajstić information content (AvgIpc) is 2.09. The van der Waals surface area contributed by atoms with Crippen LogP contribution in [0.5, 0.6) is 0 Å². The lowest BCUT2D eigenvalue weighted by Crippen LogP contribution is -1.66. The first-order chi connectivity index (χ1) is 5.81. The predicted molar refractivity (Wildman–Crippen MR) is 59.4 cm³/mol. The molecule has 0 nitrogen and oxygen atoms in total. The highest BCUT2D eigenvalue weighted by molar-refractivity contribution is 5.20. The van der Waals surface area contributed by atoms with Crippen molar-refractivity contribution in [1.29, 1.82) is 0 Å². The molecule has 0 rings (SSSR count). The molecule has 0 aromatic carbocycles. The van der Waals surface area contributed by atoms with Gasteiger partial charge in [-0.25, -0.2) is 0 Å². The van der Waals surface area contributed by atoms with E-state index in [1.54, 1.807) is 0 Å². The second-order valence-electron chi connectivity index (χ2n) is 2.34. The largest absolute Gasteiger partial charge is 0.0991 e. The van der Waals surface area contributed by atoms with Crippen molar-refractivity contribution in [3.8, 4) is 0 Å². The summed E-state index contributed by atoms with van der Waals surface area (Å²) in [6, 6.07) is 0. The first-order valence-electron chi connectivity index (χ1n) is 4.77. The Morgan fingerprint density at radius 3 is 2.33 bits per heavy atom. The molecule has 12 heavy (non-hydrogen) atoms. The lowest BCUT2D eigenvalue weighted by atomic mass is 10.2. The zero-order valence-corrected chi connectivity index (χ0v) is 8.93. The molecule has 0 heterocycles. The fourth-order valence-electron chi connectivity index (χ4n) is 0.677. The van der Waals surface area contributed by atoms with Crippen LogP contribution in [0.1, 0.15) is 40.5 Å². The van der Waals surface area contributed by atoms with E-state index in [0.717, 1.165) is 0 Å². The molecule has 0 heteroatoms. The molecular formula is C12H22. The van der Waals surface area contributed by atoms with Crippen molar-refractivity contribution in [2.24, 2.45) is 0 Å². The summed E-state index contributed by atoms with van der Waals surface area (Å²) in [5, 5.41) is 0. The quantitative estimate of drug-likeness (QED) is 0.539. The Hall–Kier alpha value is -0.780. The molecule has 0 fully saturated rings. The van der Waals surface area contributed by atoms with E-state index in [4.69, 9.17) is 0 Å². The van der Waals surface area contributed by atoms with Crippen molar-refractivity contribution in [2.75, 3.05) is 0 Å². The highest BCUT2D eigenvalue weighted by Crippen LogP contribution is 1.97. The molecule has 0 radical (unpaired) electrons. The van der Waals surface area contributed by atoms with Gasteiger partial charge in [-0.1, -0.05) is 63.6 Å². The van der Waals surface area contributed by atoms with E-state index in [1.165, 1.54) is 18.4 Å². The van der Waals surface area contributed by atoms with Gasteiger partial charge in [-0.05, 0) is 13.3 Å². The third kappa shape index (κ3) is 12.0. The molecule has 0 aliphatic carbocycles. The van der Waals surface area contributed by atoms with Gasteiger partial charge in [0, 0.05) is 0 Å². The second-order valence-corrected chi connectivity index (χ2v) is 2.34. The summed E-state index contributed by atoms with van der Waals surface area (Å²) in [5.74, 6) is 0. The minimum atomic E-state index is 1.17. The summed E-state index contributed by atoms with van der Waals surface area (Å²) in [7, 11) is 0. The molecule has 0 aromatic rings. The van der Waals surface area contributed by atoms with E-state index in [-0.39, 0.29) is 0 Å². The highest BCUT2D eigenvalue weighted by Gasteiger charge is 1.76. The van der Waals surface area contributed by atoms with Crippen LogP contribution in [0.4, 0.5) is 0 Å². The van der Waals surface area contributed by atoms with Gasteiger partial charge in [0.2, 0.25) is 0 Å². The van der Waals surface area contributed by atoms with Crippen molar-refractivity contribution in [3.05, 3.63) is 36.5 Å². The monoisotopic (exact) mass is 166 g/mol. The van der Waals surface area contributed by atoms with Gasteiger partial charge in [0.05, 0.1) is 0 Å². The first-order valence-corrected chi connectivity index (χ1v) is 4.77. The number of allylic oxidation sites excluding steroid dienone is 5. The van der Waals surface area contributed by atoms with Crippen molar-refractivity contribution in [3.63, 3.8) is 0 Å². The molecule has 0 bridgehead atoms. The Morgan fingerprint density at radius 1 is 1.33 bits per heavy atom. The minimum Gasteiger partial charge on any atom is -0.0991 e. The maximum Gasteiger partial charge on any atom is -0.0350 e. The van der Waals surface area contributed by atoms with Gasteiger partial charge in [0.15, 0.2) is 0 Å². The normalized spacial score (nSPS) is 10.8. The Kier molecular flexibility index (Phi) is 14.8. The molecule has 0 amide bonds. The van der Waals surface area contributed by atoms with Crippen LogP contribution in [0, 0.1) is 0 Å². The topological polar surface area (TPSA) is 0 Å². The van der Waals surface area contributed by atoms with Gasteiger partial charge in [0.25, 0.3) is 0 Å². The van der Waals surface area contributed by atoms with Crippen LogP contribution in [-0.4, -0.2) is 0 Å². The number of hydrogen-bond donors (Lipinski definition) is 0. The third-order valence-corrected chi connectivity index (χ3v) is 1.22. The minimum absolute atomic E-state index is 1.17. The SMILES string of the molecule is C=C/C=C(C)\C=C/CCC.CC. The Bertz CT molecular complexity index is 138. The maximum absolute atomic E-state index is 3.62. The standard InChI is InChI=1S/C10H16.C2H6/c1-4-6-7-9-10(3)8-5-2;1-2/h5,7-9H,2,4,6H2,1,3H3;1-2H3/b9-7-,10-8-;. The fraction of sp³-hybridized carbons (Fsp3) is 0.500. The number of unbranched alkanes of at least 4 members (excludes halogenated alkanes) is 1. The molecular weight excluding hydrogens is 144 g/mol. The zero-order valence-electron chi connectivity index (χ0n) is 8.93. The van der Waals surface area contributed by atoms with Gasteiger partial charge in [-0.15, -0.1) is 0 Å². The van der Waals surface area contributed by atoms with Crippen molar-refractivity contribution in [1.82, 2.24) is 0 Å². The fourth-order valence-corrected chi connectivity index (χ4v) is 0.677. The summed E-state index contributed by atoms with van der Waals surface area (Å²) in [6.07, 6.45) is 10.5. The van der Waals surface area contributed by atoms with Gasteiger partial charge in [-0.2, -0.15) is 0 Å². The van der Waals surface area contributed by atoms with Crippen molar-refractivity contribution in [2.45, 2.75) is 40.5 Å². The highest BCUT2D eigenvalue weighted by atomic mass is 13.8. The summed E-state index contributed by atoms with van der Waals surface area (Å²) in [6.45, 7) is 11.9. The van der Waals surface area contributed by atoms with E-state index in [9.17, 15) is 0 Å². The van der Waals surface area contributed by atoms with E-state index in [2.05, 4.69) is 32.6 Å². The Morgan fingerprint density at radius 2 is 1.92 bits per heavy atom. The number of rotatable bonds is 4. The summed E-state index contributed by atoms with van der Waals surface area (Å²) in [5.41, 5.74) is 1.27. The van der Waals surface area contributed by atoms with Crippen molar-refractivity contribution < 1.29 is 0 Å². The average molecular weight is 166 g/mol. The molecule has 70 valence electrons. The maximum atomic E-state index is 3.62. The molecule has 0 spiro atoms. The van der Waals surface area contributed by atoms with Crippen LogP contribution < -0.4 is 0 Å². The Labute approximate surface area is 77.7 Å². The summed E-state index contributed by atoms with van der Waals surface area (Å²) < 4.78 is 0. The summed E-state index contributed by atoms with van der Waals surface area (Å²) >= 11 is 0. The van der Waals surface area contributed by atoms with Crippen LogP contribution >= 0.6 is 0 Å². The van der Waals surface area contributed by atoms with Crippen LogP contribution in [0.25, 0.3) is 0 Å². The van der Waals surface area contributed by atoms with Crippen LogP contribution in [0.15, 0.2) is 36.5 Å². The van der Waals surface area contributed by atoms with Crippen LogP contribution in [-0.2, 0) is 0 Å². The number of hydrogen-bond acceptors (Lipinski definition) is 0. The molecule has 0 saturated carbocycles. The molecule has 0 aromatic heterocycles. The molecule has 0 unspecified atom stereocenters. The molecule has 0 atom stereocenters. The van der Waals surface area contributed by atoms with Gasteiger partial charge in [-0.3, -0.25) is 0 Å². The summed E-state index contributed by atoms with van der Waals surface area (Å²) in [4.78, 5) is 0. The van der Waals surface area contributed by atoms with E-state index in [0.29, 0.717) is 0 Å². The van der Waals surface area contributed by atoms with Gasteiger partial charge >= 0.3 is 0 Å². The van der Waals surface area contributed by atoms with Crippen LogP contribution in [0.2, 0.25) is 0 Å². The Balaban J connectivity index is 0. The molecule has 0 aliphatic heterocycles. The molecule has 0 N–H and O–H groups in total. The van der Waals surface area contributed by atoms with Crippen LogP contribution in [0.3, 0.4) is 0 Å². The molecule has 0 aliphatic rings. The van der Waals surface area contributed by atoms with Gasteiger partial charge in [0.1, 0.15) is 0 Å². The predicted octanol–water partition coefficient (Wildman–Crippen LogP) is 4.50. The first kappa shape index (κ1) is 13.8. The smallest absolute Gasteiger partial charge is 0.0350 e. The van der Waals surface area contributed by atoms with Gasteiger partial charge < -0.3 is 0 Å². The lowest BCUT2D eigenvalue weighted by Gasteiger charge is -1.87. The third-order valence-electron chi connectivity index (χ3n) is 1.22. The lowest BCUT2D eigenvalue weighted by molar-refractivity contribution is 0.957. The van der Waals surface area contributed by atoms with E-state index >= 15 is 0 Å². The molecule has 0 saturated heterocycles. The van der Waals surface area contributed by atoms with Crippen molar-refractivity contribution >= 4 is 0 Å². The van der Waals surface area contributed by atoms with E-state index < -0.39 is 0 Å². The zero-order chi connectivity index (χ0) is 9.82.